The van der Waals surface area contributed by atoms with E-state index in [0.29, 0.717) is 18.7 Å². The number of rotatable bonds is 4. The van der Waals surface area contributed by atoms with Gasteiger partial charge in [0.1, 0.15) is 0 Å². The molecule has 158 valence electrons. The van der Waals surface area contributed by atoms with Crippen molar-refractivity contribution in [2.45, 2.75) is 13.5 Å². The first kappa shape index (κ1) is 20.6. The lowest BCUT2D eigenvalue weighted by molar-refractivity contribution is -0.119. The molecule has 2 aromatic carbocycles. The summed E-state index contributed by atoms with van der Waals surface area (Å²) in [6, 6.07) is 16.6. The molecule has 2 fully saturated rings. The van der Waals surface area contributed by atoms with Gasteiger partial charge in [0.25, 0.3) is 5.91 Å². The van der Waals surface area contributed by atoms with Crippen LogP contribution in [-0.2, 0) is 21.4 Å². The van der Waals surface area contributed by atoms with E-state index in [9.17, 15) is 18.0 Å². The molecule has 4 rings (SSSR count). The van der Waals surface area contributed by atoms with Gasteiger partial charge in [-0.25, -0.2) is 12.7 Å². The fourth-order valence-corrected chi connectivity index (χ4v) is 5.80. The quantitative estimate of drug-likeness (QED) is 0.745. The number of benzene rings is 2. The molecule has 0 saturated carbocycles. The summed E-state index contributed by atoms with van der Waals surface area (Å²) in [6.45, 7) is 5.21. The minimum Gasteiger partial charge on any atom is -0.336 e. The van der Waals surface area contributed by atoms with Crippen molar-refractivity contribution in [3.05, 3.63) is 65.7 Å². The maximum Gasteiger partial charge on any atom is 0.254 e. The Balaban J connectivity index is 1.44. The van der Waals surface area contributed by atoms with Crippen molar-refractivity contribution in [3.8, 4) is 0 Å². The summed E-state index contributed by atoms with van der Waals surface area (Å²) in [4.78, 5) is 29.4. The molecule has 0 bridgehead atoms. The first-order valence-corrected chi connectivity index (χ1v) is 11.7. The standard InChI is InChI=1S/C22H25N3O4S/c1-17-16-30(28,29)25(21(17)26)20-9-5-8-19(14-20)22(27)24-12-10-23(11-13-24)15-18-6-3-2-4-7-18/h2-9,14,17H,10-13,15-16H2,1H3. The van der Waals surface area contributed by atoms with Crippen molar-refractivity contribution in [2.24, 2.45) is 5.92 Å². The van der Waals surface area contributed by atoms with Crippen molar-refractivity contribution in [1.82, 2.24) is 9.80 Å². The van der Waals surface area contributed by atoms with Crippen LogP contribution in [0.15, 0.2) is 54.6 Å². The molecule has 8 heteroatoms. The second-order valence-electron chi connectivity index (χ2n) is 7.89. The number of hydrogen-bond donors (Lipinski definition) is 0. The highest BCUT2D eigenvalue weighted by Crippen LogP contribution is 2.29. The maximum absolute atomic E-state index is 13.0. The van der Waals surface area contributed by atoms with Gasteiger partial charge in [0.15, 0.2) is 0 Å². The molecule has 1 atom stereocenters. The Morgan fingerprint density at radius 1 is 1.00 bits per heavy atom. The molecular formula is C22H25N3O4S. The van der Waals surface area contributed by atoms with Crippen LogP contribution >= 0.6 is 0 Å². The van der Waals surface area contributed by atoms with Crippen LogP contribution in [0.3, 0.4) is 0 Å². The van der Waals surface area contributed by atoms with E-state index in [2.05, 4.69) is 17.0 Å². The Kier molecular flexibility index (Phi) is 5.62. The van der Waals surface area contributed by atoms with Gasteiger partial charge in [-0.15, -0.1) is 0 Å². The maximum atomic E-state index is 13.0. The van der Waals surface area contributed by atoms with E-state index in [1.54, 1.807) is 30.0 Å². The predicted molar refractivity (Wildman–Crippen MR) is 115 cm³/mol. The second kappa shape index (κ2) is 8.20. The summed E-state index contributed by atoms with van der Waals surface area (Å²) in [5.74, 6) is -1.37. The second-order valence-corrected chi connectivity index (χ2v) is 9.75. The van der Waals surface area contributed by atoms with E-state index in [4.69, 9.17) is 0 Å². The van der Waals surface area contributed by atoms with E-state index in [0.717, 1.165) is 23.9 Å². The summed E-state index contributed by atoms with van der Waals surface area (Å²) in [6.07, 6.45) is 0. The third-order valence-electron chi connectivity index (χ3n) is 5.60. The van der Waals surface area contributed by atoms with Crippen LogP contribution in [0.5, 0.6) is 0 Å². The van der Waals surface area contributed by atoms with Crippen LogP contribution in [0.1, 0.15) is 22.8 Å². The Morgan fingerprint density at radius 2 is 1.70 bits per heavy atom. The fourth-order valence-electron chi connectivity index (χ4n) is 3.99. The van der Waals surface area contributed by atoms with Crippen LogP contribution in [0.2, 0.25) is 0 Å². The molecule has 0 aliphatic carbocycles. The number of hydrogen-bond acceptors (Lipinski definition) is 5. The zero-order valence-electron chi connectivity index (χ0n) is 16.9. The highest BCUT2D eigenvalue weighted by Gasteiger charge is 2.42. The summed E-state index contributed by atoms with van der Waals surface area (Å²) in [7, 11) is -3.69. The number of amides is 2. The highest BCUT2D eigenvalue weighted by molar-refractivity contribution is 7.94. The third kappa shape index (κ3) is 4.11. The molecule has 2 aromatic rings. The van der Waals surface area contributed by atoms with Gasteiger partial charge in [0, 0.05) is 38.3 Å². The van der Waals surface area contributed by atoms with Gasteiger partial charge in [0.05, 0.1) is 17.4 Å². The number of nitrogens with zero attached hydrogens (tertiary/aromatic N) is 3. The van der Waals surface area contributed by atoms with E-state index >= 15 is 0 Å². The zero-order valence-corrected chi connectivity index (χ0v) is 17.7. The van der Waals surface area contributed by atoms with Gasteiger partial charge in [-0.2, -0.15) is 0 Å². The van der Waals surface area contributed by atoms with E-state index in [1.165, 1.54) is 11.6 Å². The van der Waals surface area contributed by atoms with Gasteiger partial charge in [-0.05, 0) is 23.8 Å². The molecule has 2 saturated heterocycles. The van der Waals surface area contributed by atoms with Gasteiger partial charge in [-0.3, -0.25) is 14.5 Å². The van der Waals surface area contributed by atoms with Crippen molar-refractivity contribution in [3.63, 3.8) is 0 Å². The number of sulfonamides is 1. The average Bonchev–Trinajstić information content (AvgIpc) is 2.95. The van der Waals surface area contributed by atoms with Gasteiger partial charge in [-0.1, -0.05) is 43.3 Å². The molecule has 1 unspecified atom stereocenters. The summed E-state index contributed by atoms with van der Waals surface area (Å²) in [5, 5.41) is 0. The van der Waals surface area contributed by atoms with Gasteiger partial charge >= 0.3 is 0 Å². The van der Waals surface area contributed by atoms with Crippen LogP contribution in [-0.4, -0.2) is 62.0 Å². The Morgan fingerprint density at radius 3 is 2.33 bits per heavy atom. The van der Waals surface area contributed by atoms with Crippen LogP contribution < -0.4 is 4.31 Å². The van der Waals surface area contributed by atoms with Crippen molar-refractivity contribution < 1.29 is 18.0 Å². The average molecular weight is 428 g/mol. The number of anilines is 1. The molecule has 2 aliphatic heterocycles. The van der Waals surface area contributed by atoms with Crippen LogP contribution in [0, 0.1) is 5.92 Å². The molecule has 0 aromatic heterocycles. The van der Waals surface area contributed by atoms with Crippen molar-refractivity contribution >= 4 is 27.5 Å². The predicted octanol–water partition coefficient (Wildman–Crippen LogP) is 1.96. The molecule has 30 heavy (non-hydrogen) atoms. The lowest BCUT2D eigenvalue weighted by atomic mass is 10.1. The molecule has 0 radical (unpaired) electrons. The van der Waals surface area contributed by atoms with Crippen LogP contribution in [0.4, 0.5) is 5.69 Å². The lowest BCUT2D eigenvalue weighted by Gasteiger charge is -2.35. The monoisotopic (exact) mass is 427 g/mol. The SMILES string of the molecule is CC1CS(=O)(=O)N(c2cccc(C(=O)N3CCN(Cc4ccccc4)CC3)c2)C1=O. The first-order chi connectivity index (χ1) is 14.3. The van der Waals surface area contributed by atoms with Crippen molar-refractivity contribution in [1.29, 1.82) is 0 Å². The van der Waals surface area contributed by atoms with Gasteiger partial charge < -0.3 is 4.90 Å². The molecule has 2 aliphatic rings. The number of carbonyl (C=O) groups excluding carboxylic acids is 2. The van der Waals surface area contributed by atoms with E-state index in [1.807, 2.05) is 18.2 Å². The Labute approximate surface area is 176 Å². The molecule has 0 N–H and O–H groups in total. The van der Waals surface area contributed by atoms with E-state index in [-0.39, 0.29) is 17.3 Å². The topological polar surface area (TPSA) is 78.0 Å². The highest BCUT2D eigenvalue weighted by atomic mass is 32.2. The third-order valence-corrected chi connectivity index (χ3v) is 7.46. The Bertz CT molecular complexity index is 1050. The summed E-state index contributed by atoms with van der Waals surface area (Å²) < 4.78 is 25.6. The van der Waals surface area contributed by atoms with Gasteiger partial charge in [0.2, 0.25) is 15.9 Å². The minimum absolute atomic E-state index is 0.145. The zero-order chi connectivity index (χ0) is 21.3. The number of piperazine rings is 1. The minimum atomic E-state index is -3.69. The smallest absolute Gasteiger partial charge is 0.254 e. The summed E-state index contributed by atoms with van der Waals surface area (Å²) in [5.41, 5.74) is 1.88. The summed E-state index contributed by atoms with van der Waals surface area (Å²) >= 11 is 0. The molecule has 2 heterocycles. The number of carbonyl (C=O) groups is 2. The molecule has 7 nitrogen and oxygen atoms in total. The molecule has 2 amide bonds. The normalized spacial score (nSPS) is 21.8. The van der Waals surface area contributed by atoms with Crippen LogP contribution in [0.25, 0.3) is 0 Å². The molecule has 0 spiro atoms. The first-order valence-electron chi connectivity index (χ1n) is 10.1. The molecular weight excluding hydrogens is 402 g/mol. The van der Waals surface area contributed by atoms with Crippen molar-refractivity contribution in [2.75, 3.05) is 36.2 Å². The van der Waals surface area contributed by atoms with E-state index < -0.39 is 21.8 Å². The largest absolute Gasteiger partial charge is 0.336 e. The Hall–Kier alpha value is -2.71. The lowest BCUT2D eigenvalue weighted by Crippen LogP contribution is -2.48. The fraction of sp³-hybridized carbons (Fsp3) is 0.364.